The zero-order valence-electron chi connectivity index (χ0n) is 16.6. The van der Waals surface area contributed by atoms with Crippen molar-refractivity contribution in [2.75, 3.05) is 18.0 Å². The Morgan fingerprint density at radius 3 is 2.43 bits per heavy atom. The summed E-state index contributed by atoms with van der Waals surface area (Å²) >= 11 is 18.8. The molecule has 4 rings (SSSR count). The molecule has 3 aromatic rings. The van der Waals surface area contributed by atoms with Crippen molar-refractivity contribution >= 4 is 51.8 Å². The minimum absolute atomic E-state index is 0.172. The number of halogens is 5. The second kappa shape index (κ2) is 7.43. The van der Waals surface area contributed by atoms with Crippen LogP contribution in [0.1, 0.15) is 38.6 Å². The SMILES string of the molecule is CC(C)(C)c1nc(N2CCC(F)(F)C2)c2nnn(Cc3c(Cl)ccc(Cl)c3Cl)c2n1. The van der Waals surface area contributed by atoms with E-state index in [-0.39, 0.29) is 19.5 Å². The summed E-state index contributed by atoms with van der Waals surface area (Å²) in [5.74, 6) is -1.90. The summed E-state index contributed by atoms with van der Waals surface area (Å²) in [6.07, 6.45) is -0.231. The molecule has 0 bridgehead atoms. The van der Waals surface area contributed by atoms with E-state index in [2.05, 4.69) is 20.3 Å². The molecule has 0 radical (unpaired) electrons. The van der Waals surface area contributed by atoms with Gasteiger partial charge in [-0.2, -0.15) is 0 Å². The summed E-state index contributed by atoms with van der Waals surface area (Å²) in [4.78, 5) is 10.8. The first-order chi connectivity index (χ1) is 14.0. The van der Waals surface area contributed by atoms with E-state index < -0.39 is 17.9 Å². The molecule has 1 saturated heterocycles. The van der Waals surface area contributed by atoms with Gasteiger partial charge in [-0.15, -0.1) is 5.10 Å². The summed E-state index contributed by atoms with van der Waals surface area (Å²) in [6.45, 7) is 5.80. The standard InChI is InChI=1S/C19H19Cl3F2N6/c1-18(2,3)17-25-15(29-7-6-19(23,24)9-29)14-16(26-17)30(28-27-14)8-10-11(20)4-5-12(21)13(10)22/h4-5H,6-9H2,1-3H3. The smallest absolute Gasteiger partial charge is 0.266 e. The van der Waals surface area contributed by atoms with Crippen LogP contribution in [0, 0.1) is 0 Å². The molecule has 1 aliphatic rings. The van der Waals surface area contributed by atoms with Crippen LogP contribution in [-0.4, -0.2) is 44.0 Å². The molecule has 0 unspecified atom stereocenters. The van der Waals surface area contributed by atoms with E-state index in [1.54, 1.807) is 12.1 Å². The first-order valence-electron chi connectivity index (χ1n) is 9.33. The lowest BCUT2D eigenvalue weighted by molar-refractivity contribution is 0.0257. The van der Waals surface area contributed by atoms with Gasteiger partial charge < -0.3 is 4.90 Å². The van der Waals surface area contributed by atoms with E-state index in [1.807, 2.05) is 20.8 Å². The van der Waals surface area contributed by atoms with Crippen LogP contribution in [0.3, 0.4) is 0 Å². The minimum atomic E-state index is -2.77. The number of fused-ring (bicyclic) bond motifs is 1. The van der Waals surface area contributed by atoms with Crippen LogP contribution in [0.2, 0.25) is 15.1 Å². The Morgan fingerprint density at radius 2 is 1.80 bits per heavy atom. The van der Waals surface area contributed by atoms with Gasteiger partial charge in [-0.3, -0.25) is 0 Å². The normalized spacial score (nSPS) is 16.6. The maximum atomic E-state index is 13.9. The molecule has 3 heterocycles. The Kier molecular flexibility index (Phi) is 5.31. The second-order valence-electron chi connectivity index (χ2n) is 8.39. The predicted octanol–water partition coefficient (Wildman–Crippen LogP) is 5.37. The molecule has 0 atom stereocenters. The van der Waals surface area contributed by atoms with Crippen LogP contribution in [0.25, 0.3) is 11.2 Å². The van der Waals surface area contributed by atoms with Crippen molar-refractivity contribution in [3.63, 3.8) is 0 Å². The number of benzene rings is 1. The molecular formula is C19H19Cl3F2N6. The van der Waals surface area contributed by atoms with Crippen molar-refractivity contribution in [1.82, 2.24) is 25.0 Å². The van der Waals surface area contributed by atoms with Crippen molar-refractivity contribution in [2.45, 2.75) is 45.1 Å². The number of hydrogen-bond donors (Lipinski definition) is 0. The van der Waals surface area contributed by atoms with Gasteiger partial charge in [0.15, 0.2) is 17.0 Å². The van der Waals surface area contributed by atoms with Crippen LogP contribution >= 0.6 is 34.8 Å². The lowest BCUT2D eigenvalue weighted by Gasteiger charge is -2.22. The van der Waals surface area contributed by atoms with Gasteiger partial charge in [0.25, 0.3) is 5.92 Å². The number of anilines is 1. The summed E-state index contributed by atoms with van der Waals surface area (Å²) in [6, 6.07) is 3.26. The number of rotatable bonds is 3. The maximum absolute atomic E-state index is 13.9. The number of nitrogens with zero attached hydrogens (tertiary/aromatic N) is 6. The highest BCUT2D eigenvalue weighted by atomic mass is 35.5. The monoisotopic (exact) mass is 474 g/mol. The molecule has 0 aliphatic carbocycles. The van der Waals surface area contributed by atoms with Crippen LogP contribution in [0.5, 0.6) is 0 Å². The molecule has 0 N–H and O–H groups in total. The quantitative estimate of drug-likeness (QED) is 0.477. The Labute approximate surface area is 187 Å². The van der Waals surface area contributed by atoms with Gasteiger partial charge in [-0.25, -0.2) is 23.4 Å². The summed E-state index contributed by atoms with van der Waals surface area (Å²) in [5.41, 5.74) is 0.941. The van der Waals surface area contributed by atoms with E-state index in [0.29, 0.717) is 43.4 Å². The Hall–Kier alpha value is -1.77. The third-order valence-corrected chi connectivity index (χ3v) is 6.13. The van der Waals surface area contributed by atoms with Gasteiger partial charge in [0.2, 0.25) is 0 Å². The molecule has 1 aliphatic heterocycles. The lowest BCUT2D eigenvalue weighted by Crippen LogP contribution is -2.27. The van der Waals surface area contributed by atoms with Crippen LogP contribution in [0.15, 0.2) is 12.1 Å². The van der Waals surface area contributed by atoms with E-state index in [1.165, 1.54) is 9.58 Å². The van der Waals surface area contributed by atoms with Gasteiger partial charge in [0.05, 0.1) is 23.1 Å². The van der Waals surface area contributed by atoms with Crippen molar-refractivity contribution < 1.29 is 8.78 Å². The first kappa shape index (κ1) is 21.5. The summed E-state index contributed by atoms with van der Waals surface area (Å²) < 4.78 is 29.3. The average molecular weight is 476 g/mol. The van der Waals surface area contributed by atoms with E-state index >= 15 is 0 Å². The van der Waals surface area contributed by atoms with E-state index in [0.717, 1.165) is 0 Å². The molecule has 11 heteroatoms. The summed E-state index contributed by atoms with van der Waals surface area (Å²) in [5, 5.41) is 9.49. The van der Waals surface area contributed by atoms with Gasteiger partial charge in [0.1, 0.15) is 5.82 Å². The van der Waals surface area contributed by atoms with Crippen molar-refractivity contribution in [2.24, 2.45) is 0 Å². The fraction of sp³-hybridized carbons (Fsp3) is 0.474. The average Bonchev–Trinajstić information content (AvgIpc) is 3.23. The third kappa shape index (κ3) is 3.92. The fourth-order valence-corrected chi connectivity index (χ4v) is 3.95. The molecule has 160 valence electrons. The molecule has 2 aromatic heterocycles. The number of alkyl halides is 2. The van der Waals surface area contributed by atoms with E-state index in [9.17, 15) is 8.78 Å². The van der Waals surface area contributed by atoms with Crippen LogP contribution in [-0.2, 0) is 12.0 Å². The third-order valence-electron chi connectivity index (χ3n) is 4.93. The highest BCUT2D eigenvalue weighted by Crippen LogP contribution is 2.35. The predicted molar refractivity (Wildman–Crippen MR) is 114 cm³/mol. The van der Waals surface area contributed by atoms with Crippen molar-refractivity contribution in [3.05, 3.63) is 38.6 Å². The largest absolute Gasteiger partial charge is 0.348 e. The van der Waals surface area contributed by atoms with Crippen LogP contribution < -0.4 is 4.90 Å². The molecule has 0 amide bonds. The van der Waals surface area contributed by atoms with Crippen LogP contribution in [0.4, 0.5) is 14.6 Å². The Balaban J connectivity index is 1.86. The second-order valence-corrected chi connectivity index (χ2v) is 9.58. The zero-order chi connectivity index (χ0) is 21.8. The molecule has 0 spiro atoms. The number of aromatic nitrogens is 5. The zero-order valence-corrected chi connectivity index (χ0v) is 18.8. The fourth-order valence-electron chi connectivity index (χ4n) is 3.28. The highest BCUT2D eigenvalue weighted by molar-refractivity contribution is 6.44. The Bertz CT molecular complexity index is 1130. The molecule has 1 aromatic carbocycles. The van der Waals surface area contributed by atoms with Gasteiger partial charge >= 0.3 is 0 Å². The van der Waals surface area contributed by atoms with Gasteiger partial charge in [-0.1, -0.05) is 60.8 Å². The van der Waals surface area contributed by atoms with E-state index in [4.69, 9.17) is 34.8 Å². The topological polar surface area (TPSA) is 59.7 Å². The van der Waals surface area contributed by atoms with Crippen molar-refractivity contribution in [3.8, 4) is 0 Å². The first-order valence-corrected chi connectivity index (χ1v) is 10.5. The van der Waals surface area contributed by atoms with Gasteiger partial charge in [0, 0.05) is 29.0 Å². The Morgan fingerprint density at radius 1 is 1.10 bits per heavy atom. The summed E-state index contributed by atoms with van der Waals surface area (Å²) in [7, 11) is 0. The molecule has 1 fully saturated rings. The van der Waals surface area contributed by atoms with Gasteiger partial charge in [-0.05, 0) is 12.1 Å². The minimum Gasteiger partial charge on any atom is -0.348 e. The maximum Gasteiger partial charge on any atom is 0.266 e. The molecule has 6 nitrogen and oxygen atoms in total. The van der Waals surface area contributed by atoms with Crippen molar-refractivity contribution in [1.29, 1.82) is 0 Å². The molecule has 0 saturated carbocycles. The lowest BCUT2D eigenvalue weighted by atomic mass is 9.96. The highest BCUT2D eigenvalue weighted by Gasteiger charge is 2.40. The molecular weight excluding hydrogens is 457 g/mol. The number of hydrogen-bond acceptors (Lipinski definition) is 5. The molecule has 30 heavy (non-hydrogen) atoms.